The molecule has 3 aliphatic rings. The summed E-state index contributed by atoms with van der Waals surface area (Å²) in [5.74, 6) is -1.30. The number of nitrogens with one attached hydrogen (secondary N) is 2. The van der Waals surface area contributed by atoms with E-state index in [-0.39, 0.29) is 23.3 Å². The normalized spacial score (nSPS) is 23.0. The summed E-state index contributed by atoms with van der Waals surface area (Å²) < 4.78 is 54.6. The zero-order valence-electron chi connectivity index (χ0n) is 22.5. The van der Waals surface area contributed by atoms with E-state index >= 15 is 0 Å². The summed E-state index contributed by atoms with van der Waals surface area (Å²) in [6.07, 6.45) is 4.32. The maximum atomic E-state index is 14.8. The van der Waals surface area contributed by atoms with Gasteiger partial charge < -0.3 is 14.6 Å². The molecule has 214 valence electrons. The smallest absolute Gasteiger partial charge is 0.229 e. The maximum absolute atomic E-state index is 14.8. The highest BCUT2D eigenvalue weighted by molar-refractivity contribution is 7.92. The number of hydrogen-bond acceptors (Lipinski definition) is 7. The molecular weight excluding hydrogens is 548 g/mol. The Morgan fingerprint density at radius 1 is 1.12 bits per heavy atom. The van der Waals surface area contributed by atoms with E-state index in [0.29, 0.717) is 61.7 Å². The number of halogens is 2. The number of carbonyl (C=O) groups is 1. The first-order chi connectivity index (χ1) is 19.7. The van der Waals surface area contributed by atoms with Gasteiger partial charge in [-0.2, -0.15) is 5.26 Å². The van der Waals surface area contributed by atoms with Crippen molar-refractivity contribution in [2.24, 2.45) is 5.92 Å². The molecule has 11 heteroatoms. The lowest BCUT2D eigenvalue weighted by Crippen LogP contribution is -2.42. The van der Waals surface area contributed by atoms with Crippen LogP contribution in [0.5, 0.6) is 0 Å². The molecule has 6 rings (SSSR count). The Bertz CT molecular complexity index is 1610. The summed E-state index contributed by atoms with van der Waals surface area (Å²) in [4.78, 5) is 20.2. The minimum Gasteiger partial charge on any atom is -0.440 e. The van der Waals surface area contributed by atoms with Crippen LogP contribution in [0, 0.1) is 33.7 Å². The quantitative estimate of drug-likeness (QED) is 0.392. The first-order valence-electron chi connectivity index (χ1n) is 14.0. The Balaban J connectivity index is 1.37. The van der Waals surface area contributed by atoms with Gasteiger partial charge in [0.15, 0.2) is 0 Å². The Hall–Kier alpha value is -3.78. The standard InChI is InChI=1S/C30H31F2N5O3S/c31-20-7-10-24(25(32)17-20)29-35-26(19-5-8-21(9-6-19)37-13-15-41(34,39)16-14-37)27(40-29)22-3-1-2-4-23(22)28(38)36-30(18-33)11-12-30/h5-10,17,22-23,34H,1-4,11-16H2,(H,36,38)/t22-,23-/m1/s1. The average Bonchev–Trinajstić information content (AvgIpc) is 3.60. The molecule has 0 unspecified atom stereocenters. The molecule has 2 saturated carbocycles. The number of nitriles is 1. The fraction of sp³-hybridized carbons (Fsp3) is 0.433. The number of amides is 1. The lowest BCUT2D eigenvalue weighted by molar-refractivity contribution is -0.127. The third-order valence-electron chi connectivity index (χ3n) is 8.47. The van der Waals surface area contributed by atoms with Crippen LogP contribution in [0.3, 0.4) is 0 Å². The lowest BCUT2D eigenvalue weighted by Gasteiger charge is -2.30. The van der Waals surface area contributed by atoms with Crippen LogP contribution in [0.15, 0.2) is 46.9 Å². The highest BCUT2D eigenvalue weighted by Crippen LogP contribution is 2.45. The van der Waals surface area contributed by atoms with Gasteiger partial charge in [0, 0.05) is 63.5 Å². The molecule has 2 aliphatic carbocycles. The molecule has 1 saturated heterocycles. The number of hydrogen-bond donors (Lipinski definition) is 2. The number of nitrogens with zero attached hydrogens (tertiary/aromatic N) is 3. The van der Waals surface area contributed by atoms with Gasteiger partial charge in [0.2, 0.25) is 11.8 Å². The molecule has 2 heterocycles. The molecule has 1 amide bonds. The van der Waals surface area contributed by atoms with Crippen molar-refractivity contribution >= 4 is 21.3 Å². The first-order valence-corrected chi connectivity index (χ1v) is 15.9. The molecule has 0 spiro atoms. The molecule has 0 bridgehead atoms. The largest absolute Gasteiger partial charge is 0.440 e. The van der Waals surface area contributed by atoms with Gasteiger partial charge in [0.05, 0.1) is 11.6 Å². The molecule has 2 N–H and O–H groups in total. The predicted molar refractivity (Wildman–Crippen MR) is 151 cm³/mol. The molecular formula is C30H31F2N5O3S. The van der Waals surface area contributed by atoms with E-state index in [2.05, 4.69) is 21.3 Å². The molecule has 0 radical (unpaired) electrons. The molecule has 3 aromatic rings. The van der Waals surface area contributed by atoms with E-state index in [4.69, 9.17) is 9.20 Å². The van der Waals surface area contributed by atoms with Gasteiger partial charge in [0.1, 0.15) is 28.6 Å². The highest BCUT2D eigenvalue weighted by Gasteiger charge is 2.47. The highest BCUT2D eigenvalue weighted by atomic mass is 32.2. The number of aromatic nitrogens is 1. The molecule has 3 fully saturated rings. The van der Waals surface area contributed by atoms with E-state index in [1.807, 2.05) is 24.3 Å². The summed E-state index contributed by atoms with van der Waals surface area (Å²) in [7, 11) is -2.51. The van der Waals surface area contributed by atoms with E-state index in [1.54, 1.807) is 0 Å². The first kappa shape index (κ1) is 27.4. The summed E-state index contributed by atoms with van der Waals surface area (Å²) >= 11 is 0. The average molecular weight is 580 g/mol. The minimum absolute atomic E-state index is 0.0123. The van der Waals surface area contributed by atoms with Crippen LogP contribution in [0.4, 0.5) is 14.5 Å². The van der Waals surface area contributed by atoms with Crippen LogP contribution >= 0.6 is 0 Å². The monoisotopic (exact) mass is 579 g/mol. The van der Waals surface area contributed by atoms with Gasteiger partial charge in [-0.25, -0.2) is 18.0 Å². The third kappa shape index (κ3) is 5.58. The molecule has 2 aromatic carbocycles. The van der Waals surface area contributed by atoms with Gasteiger partial charge in [0.25, 0.3) is 0 Å². The Morgan fingerprint density at radius 2 is 1.83 bits per heavy atom. The fourth-order valence-corrected chi connectivity index (χ4v) is 7.10. The van der Waals surface area contributed by atoms with Crippen LogP contribution in [0.2, 0.25) is 0 Å². The molecule has 2 atom stereocenters. The molecule has 8 nitrogen and oxygen atoms in total. The van der Waals surface area contributed by atoms with Crippen LogP contribution in [-0.2, 0) is 14.5 Å². The second-order valence-corrected chi connectivity index (χ2v) is 13.7. The van der Waals surface area contributed by atoms with Crippen LogP contribution < -0.4 is 10.2 Å². The van der Waals surface area contributed by atoms with E-state index in [9.17, 15) is 23.0 Å². The van der Waals surface area contributed by atoms with Crippen molar-refractivity contribution in [1.82, 2.24) is 10.3 Å². The summed E-state index contributed by atoms with van der Waals surface area (Å²) in [6.45, 7) is 1.07. The second kappa shape index (κ2) is 10.6. The van der Waals surface area contributed by atoms with Crippen LogP contribution in [-0.4, -0.2) is 45.2 Å². The fourth-order valence-electron chi connectivity index (χ4n) is 5.86. The molecule has 41 heavy (non-hydrogen) atoms. The Morgan fingerprint density at radius 3 is 2.49 bits per heavy atom. The van der Waals surface area contributed by atoms with Gasteiger partial charge >= 0.3 is 0 Å². The second-order valence-electron chi connectivity index (χ2n) is 11.3. The van der Waals surface area contributed by atoms with Crippen molar-refractivity contribution in [1.29, 1.82) is 10.0 Å². The minimum atomic E-state index is -2.51. The van der Waals surface area contributed by atoms with E-state index < -0.39 is 32.8 Å². The topological polar surface area (TPSA) is 123 Å². The van der Waals surface area contributed by atoms with Crippen molar-refractivity contribution < 1.29 is 22.2 Å². The number of anilines is 1. The van der Waals surface area contributed by atoms with Crippen molar-refractivity contribution in [3.63, 3.8) is 0 Å². The number of rotatable bonds is 6. The third-order valence-corrected chi connectivity index (χ3v) is 10.2. The van der Waals surface area contributed by atoms with E-state index in [1.165, 1.54) is 6.07 Å². The number of carbonyl (C=O) groups excluding carboxylic acids is 1. The summed E-state index contributed by atoms with van der Waals surface area (Å²) in [5.41, 5.74) is 1.39. The van der Waals surface area contributed by atoms with Crippen molar-refractivity contribution in [2.45, 2.75) is 50.0 Å². The maximum Gasteiger partial charge on any atom is 0.229 e. The Labute approximate surface area is 237 Å². The van der Waals surface area contributed by atoms with Gasteiger partial charge in [-0.1, -0.05) is 25.0 Å². The zero-order valence-corrected chi connectivity index (χ0v) is 23.3. The van der Waals surface area contributed by atoms with Crippen LogP contribution in [0.1, 0.15) is 50.2 Å². The lowest BCUT2D eigenvalue weighted by atomic mass is 9.76. The predicted octanol–water partition coefficient (Wildman–Crippen LogP) is 5.60. The summed E-state index contributed by atoms with van der Waals surface area (Å²) in [6, 6.07) is 13.1. The SMILES string of the molecule is N#CC1(NC(=O)[C@@H]2CCCC[C@H]2c2oc(-c3ccc(F)cc3F)nc2-c2ccc(N3CCS(=N)(=O)CC3)cc2)CC1. The number of benzene rings is 2. The van der Waals surface area contributed by atoms with Gasteiger partial charge in [-0.3, -0.25) is 9.57 Å². The van der Waals surface area contributed by atoms with Crippen molar-refractivity contribution in [2.75, 3.05) is 29.5 Å². The van der Waals surface area contributed by atoms with Crippen molar-refractivity contribution in [3.8, 4) is 28.8 Å². The molecule has 1 aliphatic heterocycles. The van der Waals surface area contributed by atoms with Crippen molar-refractivity contribution in [3.05, 3.63) is 59.9 Å². The van der Waals surface area contributed by atoms with Gasteiger partial charge in [-0.05, 0) is 49.9 Å². The zero-order chi connectivity index (χ0) is 28.8. The molecule has 1 aromatic heterocycles. The van der Waals surface area contributed by atoms with Gasteiger partial charge in [-0.15, -0.1) is 0 Å². The summed E-state index contributed by atoms with van der Waals surface area (Å²) in [5, 5.41) is 12.5. The number of oxazole rings is 1. The van der Waals surface area contributed by atoms with Crippen LogP contribution in [0.25, 0.3) is 22.7 Å². The van der Waals surface area contributed by atoms with E-state index in [0.717, 1.165) is 36.2 Å². The Kier molecular flexibility index (Phi) is 7.06.